The minimum absolute atomic E-state index is 0.0815. The molecule has 0 saturated heterocycles. The highest BCUT2D eigenvalue weighted by Gasteiger charge is 2.15. The number of nitrogens with one attached hydrogen (secondary N) is 1. The SMILES string of the molecule is CS(=O)(=O)NCCc1ccc(-c2nnc(CN3CCC=C(F)C3)s2)cc1. The molecule has 9 heteroatoms. The molecule has 0 spiro atoms. The van der Waals surface area contributed by atoms with Gasteiger partial charge >= 0.3 is 0 Å². The molecule has 0 amide bonds. The lowest BCUT2D eigenvalue weighted by Gasteiger charge is -2.22. The summed E-state index contributed by atoms with van der Waals surface area (Å²) in [6.45, 7) is 2.15. The van der Waals surface area contributed by atoms with Crippen molar-refractivity contribution < 1.29 is 12.8 Å². The molecular weight excluding hydrogens is 375 g/mol. The van der Waals surface area contributed by atoms with Gasteiger partial charge in [-0.15, -0.1) is 10.2 Å². The first kappa shape index (κ1) is 19.1. The van der Waals surface area contributed by atoms with Crippen LogP contribution in [0.5, 0.6) is 0 Å². The van der Waals surface area contributed by atoms with Crippen LogP contribution >= 0.6 is 11.3 Å². The quantitative estimate of drug-likeness (QED) is 0.778. The van der Waals surface area contributed by atoms with Crippen LogP contribution < -0.4 is 4.72 Å². The van der Waals surface area contributed by atoms with Crippen LogP contribution in [0.1, 0.15) is 17.0 Å². The van der Waals surface area contributed by atoms with Gasteiger partial charge in [-0.3, -0.25) is 4.90 Å². The highest BCUT2D eigenvalue weighted by atomic mass is 32.2. The molecule has 26 heavy (non-hydrogen) atoms. The van der Waals surface area contributed by atoms with Gasteiger partial charge < -0.3 is 0 Å². The summed E-state index contributed by atoms with van der Waals surface area (Å²) in [5.74, 6) is -0.0815. The highest BCUT2D eigenvalue weighted by Crippen LogP contribution is 2.25. The third-order valence-corrected chi connectivity index (χ3v) is 5.68. The summed E-state index contributed by atoms with van der Waals surface area (Å²) >= 11 is 1.51. The Bertz CT molecular complexity index is 878. The second-order valence-corrected chi connectivity index (χ2v) is 9.16. The Morgan fingerprint density at radius 1 is 1.27 bits per heavy atom. The molecule has 1 aliphatic rings. The highest BCUT2D eigenvalue weighted by molar-refractivity contribution is 7.88. The maximum absolute atomic E-state index is 13.3. The predicted octanol–water partition coefficient (Wildman–Crippen LogP) is 2.36. The topological polar surface area (TPSA) is 75.2 Å². The molecule has 6 nitrogen and oxygen atoms in total. The van der Waals surface area contributed by atoms with E-state index in [0.29, 0.717) is 26.1 Å². The second kappa shape index (κ2) is 8.34. The van der Waals surface area contributed by atoms with E-state index in [1.165, 1.54) is 11.3 Å². The van der Waals surface area contributed by atoms with Crippen molar-refractivity contribution in [2.75, 3.05) is 25.9 Å². The molecule has 1 N–H and O–H groups in total. The van der Waals surface area contributed by atoms with Crippen molar-refractivity contribution in [2.24, 2.45) is 0 Å². The van der Waals surface area contributed by atoms with Crippen molar-refractivity contribution in [3.05, 3.63) is 46.7 Å². The van der Waals surface area contributed by atoms with Gasteiger partial charge in [0.25, 0.3) is 0 Å². The fourth-order valence-corrected chi connectivity index (χ4v) is 4.08. The van der Waals surface area contributed by atoms with Crippen LogP contribution in [0, 0.1) is 0 Å². The van der Waals surface area contributed by atoms with Gasteiger partial charge in [-0.25, -0.2) is 17.5 Å². The van der Waals surface area contributed by atoms with E-state index in [9.17, 15) is 12.8 Å². The molecule has 1 aromatic carbocycles. The molecule has 2 heterocycles. The monoisotopic (exact) mass is 396 g/mol. The summed E-state index contributed by atoms with van der Waals surface area (Å²) in [4.78, 5) is 2.03. The molecule has 140 valence electrons. The van der Waals surface area contributed by atoms with Gasteiger partial charge in [-0.2, -0.15) is 0 Å². The molecule has 2 aromatic rings. The van der Waals surface area contributed by atoms with Crippen LogP contribution in [0.4, 0.5) is 4.39 Å². The minimum Gasteiger partial charge on any atom is -0.290 e. The molecule has 1 aromatic heterocycles. The van der Waals surface area contributed by atoms with Crippen LogP contribution in [0.15, 0.2) is 36.2 Å². The zero-order chi connectivity index (χ0) is 18.6. The molecule has 0 bridgehead atoms. The lowest BCUT2D eigenvalue weighted by Crippen LogP contribution is -2.28. The smallest absolute Gasteiger partial charge is 0.208 e. The number of aromatic nitrogens is 2. The van der Waals surface area contributed by atoms with E-state index in [4.69, 9.17) is 0 Å². The zero-order valence-electron chi connectivity index (χ0n) is 14.5. The summed E-state index contributed by atoms with van der Waals surface area (Å²) < 4.78 is 38.0. The molecule has 3 rings (SSSR count). The standard InChI is InChI=1S/C17H21FN4O2S2/c1-26(23,24)19-9-8-13-4-6-14(7-5-13)17-21-20-16(25-17)12-22-10-2-3-15(18)11-22/h3-7,19H,2,8-12H2,1H3. The van der Waals surface area contributed by atoms with Crippen molar-refractivity contribution in [3.8, 4) is 10.6 Å². The van der Waals surface area contributed by atoms with Crippen molar-refractivity contribution >= 4 is 21.4 Å². The minimum atomic E-state index is -3.16. The largest absolute Gasteiger partial charge is 0.290 e. The zero-order valence-corrected chi connectivity index (χ0v) is 16.1. The van der Waals surface area contributed by atoms with Crippen LogP contribution in [0.2, 0.25) is 0 Å². The van der Waals surface area contributed by atoms with E-state index in [0.717, 1.165) is 40.4 Å². The second-order valence-electron chi connectivity index (χ2n) is 6.26. The van der Waals surface area contributed by atoms with E-state index in [1.54, 1.807) is 6.08 Å². The van der Waals surface area contributed by atoms with E-state index in [1.807, 2.05) is 29.2 Å². The molecule has 1 aliphatic heterocycles. The third-order valence-electron chi connectivity index (χ3n) is 3.99. The fourth-order valence-electron chi connectivity index (χ4n) is 2.72. The van der Waals surface area contributed by atoms with Crippen LogP contribution in [0.25, 0.3) is 10.6 Å². The van der Waals surface area contributed by atoms with E-state index in [2.05, 4.69) is 14.9 Å². The molecule has 0 atom stereocenters. The van der Waals surface area contributed by atoms with Gasteiger partial charge in [0.05, 0.1) is 19.3 Å². The predicted molar refractivity (Wildman–Crippen MR) is 101 cm³/mol. The molecule has 0 aliphatic carbocycles. The molecule has 0 unspecified atom stereocenters. The Balaban J connectivity index is 1.58. The van der Waals surface area contributed by atoms with Gasteiger partial charge in [0, 0.05) is 18.7 Å². The Hall–Kier alpha value is -1.68. The maximum atomic E-state index is 13.3. The third kappa shape index (κ3) is 5.66. The first-order valence-corrected chi connectivity index (χ1v) is 11.0. The van der Waals surface area contributed by atoms with E-state index >= 15 is 0 Å². The Labute approximate surface area is 156 Å². The van der Waals surface area contributed by atoms with E-state index < -0.39 is 10.0 Å². The summed E-state index contributed by atoms with van der Waals surface area (Å²) in [6.07, 6.45) is 4.14. The van der Waals surface area contributed by atoms with Crippen molar-refractivity contribution in [1.82, 2.24) is 19.8 Å². The number of hydrogen-bond donors (Lipinski definition) is 1. The number of halogens is 1. The van der Waals surface area contributed by atoms with Crippen LogP contribution in [-0.2, 0) is 23.0 Å². The Kier molecular flexibility index (Phi) is 6.13. The Morgan fingerprint density at radius 2 is 2.04 bits per heavy atom. The number of sulfonamides is 1. The number of rotatable bonds is 7. The lowest BCUT2D eigenvalue weighted by atomic mass is 10.1. The Morgan fingerprint density at radius 3 is 2.73 bits per heavy atom. The molecule has 0 fully saturated rings. The summed E-state index contributed by atoms with van der Waals surface area (Å²) in [7, 11) is -3.16. The lowest BCUT2D eigenvalue weighted by molar-refractivity contribution is 0.258. The molecule has 0 saturated carbocycles. The fraction of sp³-hybridized carbons (Fsp3) is 0.412. The number of benzene rings is 1. The molecular formula is C17H21FN4O2S2. The van der Waals surface area contributed by atoms with Crippen LogP contribution in [0.3, 0.4) is 0 Å². The van der Waals surface area contributed by atoms with Gasteiger partial charge in [0.15, 0.2) is 0 Å². The number of hydrogen-bond acceptors (Lipinski definition) is 6. The van der Waals surface area contributed by atoms with Gasteiger partial charge in [-0.1, -0.05) is 41.7 Å². The first-order valence-electron chi connectivity index (χ1n) is 8.32. The summed E-state index contributed by atoms with van der Waals surface area (Å²) in [5, 5.41) is 10.2. The van der Waals surface area contributed by atoms with Gasteiger partial charge in [-0.05, 0) is 18.4 Å². The maximum Gasteiger partial charge on any atom is 0.208 e. The van der Waals surface area contributed by atoms with E-state index in [-0.39, 0.29) is 5.83 Å². The van der Waals surface area contributed by atoms with Crippen LogP contribution in [-0.4, -0.2) is 49.4 Å². The van der Waals surface area contributed by atoms with Crippen molar-refractivity contribution in [1.29, 1.82) is 0 Å². The average Bonchev–Trinajstić information content (AvgIpc) is 3.03. The van der Waals surface area contributed by atoms with Gasteiger partial charge in [0.1, 0.15) is 15.8 Å². The summed E-state index contributed by atoms with van der Waals surface area (Å²) in [6, 6.07) is 7.85. The normalized spacial score (nSPS) is 15.8. The van der Waals surface area contributed by atoms with Gasteiger partial charge in [0.2, 0.25) is 10.0 Å². The van der Waals surface area contributed by atoms with Crippen molar-refractivity contribution in [3.63, 3.8) is 0 Å². The summed E-state index contributed by atoms with van der Waals surface area (Å²) in [5.41, 5.74) is 2.02. The van der Waals surface area contributed by atoms with Crippen molar-refractivity contribution in [2.45, 2.75) is 19.4 Å². The molecule has 0 radical (unpaired) electrons. The first-order chi connectivity index (χ1) is 12.4. The average molecular weight is 397 g/mol. The number of nitrogens with zero attached hydrogens (tertiary/aromatic N) is 3.